The number of nitrogens with two attached hydrogens (primary N) is 1. The lowest BCUT2D eigenvalue weighted by Crippen LogP contribution is -2.04. The van der Waals surface area contributed by atoms with Crippen LogP contribution in [0.15, 0.2) is 28.8 Å². The molecule has 0 aliphatic rings. The summed E-state index contributed by atoms with van der Waals surface area (Å²) in [6, 6.07) is 4.45. The molecule has 5 nitrogen and oxygen atoms in total. The summed E-state index contributed by atoms with van der Waals surface area (Å²) in [5.74, 6) is 0.682. The van der Waals surface area contributed by atoms with E-state index in [0.717, 1.165) is 23.9 Å². The minimum Gasteiger partial charge on any atom is -0.379 e. The molecule has 20 heavy (non-hydrogen) atoms. The molecule has 0 spiro atoms. The van der Waals surface area contributed by atoms with E-state index in [1.807, 2.05) is 0 Å². The van der Waals surface area contributed by atoms with Gasteiger partial charge >= 0.3 is 6.18 Å². The third kappa shape index (κ3) is 3.50. The van der Waals surface area contributed by atoms with Gasteiger partial charge < -0.3 is 10.3 Å². The average molecular weight is 302 g/mol. The highest BCUT2D eigenvalue weighted by molar-refractivity contribution is 8.12. The monoisotopic (exact) mass is 302 g/mol. The van der Waals surface area contributed by atoms with Gasteiger partial charge in [-0.05, 0) is 12.1 Å². The number of thioether (sulfide) groups is 1. The highest BCUT2D eigenvalue weighted by atomic mass is 32.2. The van der Waals surface area contributed by atoms with Crippen LogP contribution in [0.1, 0.15) is 11.5 Å². The number of halogens is 3. The molecule has 0 fully saturated rings. The second-order valence-electron chi connectivity index (χ2n) is 3.74. The molecular formula is C11H9F3N4OS. The molecule has 0 saturated heterocycles. The molecule has 2 rings (SSSR count). The van der Waals surface area contributed by atoms with Gasteiger partial charge in [-0.25, -0.2) is 0 Å². The fourth-order valence-electron chi connectivity index (χ4n) is 1.38. The van der Waals surface area contributed by atoms with Gasteiger partial charge in [-0.3, -0.25) is 5.41 Å². The van der Waals surface area contributed by atoms with Crippen LogP contribution in [0, 0.1) is 5.41 Å². The van der Waals surface area contributed by atoms with Gasteiger partial charge in [0.05, 0.1) is 11.3 Å². The van der Waals surface area contributed by atoms with E-state index in [9.17, 15) is 13.2 Å². The SMILES string of the molecule is N=C(N)SCc1nc(-c2ccc(C(F)(F)F)cc2)no1. The van der Waals surface area contributed by atoms with Crippen LogP contribution in [0.2, 0.25) is 0 Å². The molecule has 1 aromatic carbocycles. The molecule has 2 aromatic rings. The first-order valence-electron chi connectivity index (χ1n) is 5.33. The molecule has 1 heterocycles. The lowest BCUT2D eigenvalue weighted by Gasteiger charge is -2.05. The molecule has 0 saturated carbocycles. The maximum Gasteiger partial charge on any atom is 0.416 e. The number of aromatic nitrogens is 2. The fourth-order valence-corrected chi connectivity index (χ4v) is 1.77. The Kier molecular flexibility index (Phi) is 3.98. The first kappa shape index (κ1) is 14.4. The number of rotatable bonds is 3. The summed E-state index contributed by atoms with van der Waals surface area (Å²) in [7, 11) is 0. The average Bonchev–Trinajstić information content (AvgIpc) is 2.84. The van der Waals surface area contributed by atoms with Crippen molar-refractivity contribution in [2.45, 2.75) is 11.9 Å². The Labute approximate surface area is 115 Å². The van der Waals surface area contributed by atoms with Gasteiger partial charge in [-0.1, -0.05) is 29.1 Å². The highest BCUT2D eigenvalue weighted by Crippen LogP contribution is 2.30. The topological polar surface area (TPSA) is 88.8 Å². The summed E-state index contributed by atoms with van der Waals surface area (Å²) in [5, 5.41) is 10.6. The number of nitrogens with one attached hydrogen (secondary N) is 1. The molecule has 106 valence electrons. The molecule has 0 aliphatic carbocycles. The van der Waals surface area contributed by atoms with Gasteiger partial charge in [-0.15, -0.1) is 0 Å². The second kappa shape index (κ2) is 5.53. The maximum atomic E-state index is 12.4. The van der Waals surface area contributed by atoms with Gasteiger partial charge in [0, 0.05) is 5.56 Å². The fraction of sp³-hybridized carbons (Fsp3) is 0.182. The largest absolute Gasteiger partial charge is 0.416 e. The van der Waals surface area contributed by atoms with Crippen molar-refractivity contribution in [2.75, 3.05) is 0 Å². The van der Waals surface area contributed by atoms with E-state index in [0.29, 0.717) is 5.56 Å². The zero-order chi connectivity index (χ0) is 14.8. The summed E-state index contributed by atoms with van der Waals surface area (Å²) in [4.78, 5) is 4.01. The molecule has 0 radical (unpaired) electrons. The summed E-state index contributed by atoms with van der Waals surface area (Å²) in [6.45, 7) is 0. The molecular weight excluding hydrogens is 293 g/mol. The normalized spacial score (nSPS) is 11.6. The lowest BCUT2D eigenvalue weighted by atomic mass is 10.1. The Morgan fingerprint density at radius 2 is 1.95 bits per heavy atom. The van der Waals surface area contributed by atoms with E-state index in [1.54, 1.807) is 0 Å². The zero-order valence-corrected chi connectivity index (χ0v) is 10.8. The molecule has 1 aromatic heterocycles. The number of hydrogen-bond donors (Lipinski definition) is 2. The first-order chi connectivity index (χ1) is 9.36. The van der Waals surface area contributed by atoms with Crippen molar-refractivity contribution in [3.05, 3.63) is 35.7 Å². The standard InChI is InChI=1S/C11H9F3N4OS/c12-11(13,14)7-3-1-6(2-4-7)9-17-8(19-18-9)5-20-10(15)16/h1-4H,5H2,(H3,15,16). The van der Waals surface area contributed by atoms with Crippen molar-refractivity contribution >= 4 is 16.9 Å². The van der Waals surface area contributed by atoms with Crippen molar-refractivity contribution in [3.63, 3.8) is 0 Å². The number of nitrogens with zero attached hydrogens (tertiary/aromatic N) is 2. The first-order valence-corrected chi connectivity index (χ1v) is 6.32. The van der Waals surface area contributed by atoms with Gasteiger partial charge in [0.1, 0.15) is 0 Å². The molecule has 9 heteroatoms. The minimum absolute atomic E-state index is 0.0840. The Morgan fingerprint density at radius 3 is 2.50 bits per heavy atom. The van der Waals surface area contributed by atoms with E-state index >= 15 is 0 Å². The Morgan fingerprint density at radius 1 is 1.30 bits per heavy atom. The summed E-state index contributed by atoms with van der Waals surface area (Å²) >= 11 is 1.01. The predicted molar refractivity (Wildman–Crippen MR) is 67.9 cm³/mol. The Bertz CT molecular complexity index is 609. The van der Waals surface area contributed by atoms with Crippen molar-refractivity contribution in [3.8, 4) is 11.4 Å². The summed E-state index contributed by atoms with van der Waals surface area (Å²) in [6.07, 6.45) is -4.38. The van der Waals surface area contributed by atoms with Crippen LogP contribution in [0.4, 0.5) is 13.2 Å². The van der Waals surface area contributed by atoms with Crippen LogP contribution in [0.3, 0.4) is 0 Å². The summed E-state index contributed by atoms with van der Waals surface area (Å²) in [5.41, 5.74) is 4.84. The van der Waals surface area contributed by atoms with Gasteiger partial charge in [0.25, 0.3) is 0 Å². The number of hydrogen-bond acceptors (Lipinski definition) is 5. The maximum absolute atomic E-state index is 12.4. The number of amidine groups is 1. The van der Waals surface area contributed by atoms with E-state index < -0.39 is 11.7 Å². The molecule has 0 atom stereocenters. The van der Waals surface area contributed by atoms with E-state index in [1.165, 1.54) is 12.1 Å². The number of alkyl halides is 3. The molecule has 0 unspecified atom stereocenters. The van der Waals surface area contributed by atoms with Crippen molar-refractivity contribution in [1.82, 2.24) is 10.1 Å². The third-order valence-corrected chi connectivity index (χ3v) is 2.99. The molecule has 0 aliphatic heterocycles. The van der Waals surface area contributed by atoms with Crippen LogP contribution in [0.5, 0.6) is 0 Å². The van der Waals surface area contributed by atoms with Crippen molar-refractivity contribution in [2.24, 2.45) is 5.73 Å². The second-order valence-corrected chi connectivity index (χ2v) is 4.76. The highest BCUT2D eigenvalue weighted by Gasteiger charge is 2.30. The Hall–Kier alpha value is -2.03. The molecule has 0 bridgehead atoms. The lowest BCUT2D eigenvalue weighted by molar-refractivity contribution is -0.137. The van der Waals surface area contributed by atoms with Crippen LogP contribution in [-0.4, -0.2) is 15.3 Å². The predicted octanol–water partition coefficient (Wildman–Crippen LogP) is 2.88. The number of benzene rings is 1. The van der Waals surface area contributed by atoms with Gasteiger partial charge in [0.15, 0.2) is 5.17 Å². The van der Waals surface area contributed by atoms with Crippen molar-refractivity contribution < 1.29 is 17.7 Å². The van der Waals surface area contributed by atoms with Crippen LogP contribution >= 0.6 is 11.8 Å². The van der Waals surface area contributed by atoms with Crippen LogP contribution in [-0.2, 0) is 11.9 Å². The molecule has 0 amide bonds. The minimum atomic E-state index is -4.38. The quantitative estimate of drug-likeness (QED) is 0.672. The smallest absolute Gasteiger partial charge is 0.379 e. The zero-order valence-electron chi connectivity index (χ0n) is 9.94. The van der Waals surface area contributed by atoms with Crippen LogP contribution in [0.25, 0.3) is 11.4 Å². The third-order valence-electron chi connectivity index (χ3n) is 2.29. The van der Waals surface area contributed by atoms with E-state index in [4.69, 9.17) is 15.7 Å². The van der Waals surface area contributed by atoms with E-state index in [2.05, 4.69) is 10.1 Å². The van der Waals surface area contributed by atoms with E-state index in [-0.39, 0.29) is 22.6 Å². The molecule has 3 N–H and O–H groups in total. The Balaban J connectivity index is 2.14. The van der Waals surface area contributed by atoms with Gasteiger partial charge in [-0.2, -0.15) is 18.2 Å². The van der Waals surface area contributed by atoms with Gasteiger partial charge in [0.2, 0.25) is 11.7 Å². The van der Waals surface area contributed by atoms with Crippen molar-refractivity contribution in [1.29, 1.82) is 5.41 Å². The van der Waals surface area contributed by atoms with Crippen LogP contribution < -0.4 is 5.73 Å². The summed E-state index contributed by atoms with van der Waals surface area (Å²) < 4.78 is 42.2.